The molecule has 1 aromatic carbocycles. The minimum Gasteiger partial charge on any atom is -0.459 e. The quantitative estimate of drug-likeness (QED) is 0.342. The second-order valence-corrected chi connectivity index (χ2v) is 5.74. The summed E-state index contributed by atoms with van der Waals surface area (Å²) >= 11 is 0. The van der Waals surface area contributed by atoms with E-state index in [1.54, 1.807) is 14.0 Å². The molecule has 0 aliphatic rings. The fourth-order valence-electron chi connectivity index (χ4n) is 1.76. The number of rotatable bonds is 11. The van der Waals surface area contributed by atoms with Gasteiger partial charge in [-0.25, -0.2) is 4.79 Å². The molecule has 1 rings (SSSR count). The third-order valence-electron chi connectivity index (χ3n) is 3.40. The highest BCUT2D eigenvalue weighted by atomic mass is 16.6. The molecule has 0 saturated carbocycles. The standard InChI is InChI=1S/C17H25NO7/c1-12(22-4)9-23-13(2)10-24-14(3)11-25-17(19)15-5-7-16(8-6-15)18(20)21/h5-8,12-14H,9-11H2,1-4H3. The van der Waals surface area contributed by atoms with Crippen molar-refractivity contribution in [2.24, 2.45) is 0 Å². The minimum atomic E-state index is -0.552. The van der Waals surface area contributed by atoms with E-state index < -0.39 is 10.9 Å². The number of benzene rings is 1. The van der Waals surface area contributed by atoms with Crippen LogP contribution in [-0.2, 0) is 18.9 Å². The van der Waals surface area contributed by atoms with Crippen LogP contribution in [0.2, 0.25) is 0 Å². The lowest BCUT2D eigenvalue weighted by molar-refractivity contribution is -0.384. The molecule has 0 spiro atoms. The molecular weight excluding hydrogens is 330 g/mol. The molecule has 0 aliphatic carbocycles. The van der Waals surface area contributed by atoms with Crippen LogP contribution in [0.1, 0.15) is 31.1 Å². The van der Waals surface area contributed by atoms with E-state index in [9.17, 15) is 14.9 Å². The lowest BCUT2D eigenvalue weighted by atomic mass is 10.2. The predicted octanol–water partition coefficient (Wildman–Crippen LogP) is 2.60. The summed E-state index contributed by atoms with van der Waals surface area (Å²) in [5.74, 6) is -0.552. The smallest absolute Gasteiger partial charge is 0.338 e. The van der Waals surface area contributed by atoms with Gasteiger partial charge in [-0.15, -0.1) is 0 Å². The maximum atomic E-state index is 11.9. The Morgan fingerprint density at radius 2 is 1.52 bits per heavy atom. The van der Waals surface area contributed by atoms with Gasteiger partial charge in [0.25, 0.3) is 5.69 Å². The highest BCUT2D eigenvalue weighted by molar-refractivity contribution is 5.89. The van der Waals surface area contributed by atoms with Crippen LogP contribution in [0.5, 0.6) is 0 Å². The fraction of sp³-hybridized carbons (Fsp3) is 0.588. The van der Waals surface area contributed by atoms with E-state index in [-0.39, 0.29) is 36.2 Å². The number of carbonyl (C=O) groups excluding carboxylic acids is 1. The average Bonchev–Trinajstić information content (AvgIpc) is 2.62. The third-order valence-corrected chi connectivity index (χ3v) is 3.40. The zero-order valence-electron chi connectivity index (χ0n) is 15.0. The Morgan fingerprint density at radius 3 is 2.04 bits per heavy atom. The highest BCUT2D eigenvalue weighted by Crippen LogP contribution is 2.13. The van der Waals surface area contributed by atoms with Crippen molar-refractivity contribution in [3.8, 4) is 0 Å². The molecule has 0 fully saturated rings. The number of nitro benzene ring substituents is 1. The molecule has 0 radical (unpaired) electrons. The molecule has 1 aromatic rings. The molecule has 140 valence electrons. The predicted molar refractivity (Wildman–Crippen MR) is 90.7 cm³/mol. The van der Waals surface area contributed by atoms with E-state index in [0.29, 0.717) is 13.2 Å². The second kappa shape index (κ2) is 10.8. The zero-order valence-corrected chi connectivity index (χ0v) is 15.0. The Bertz CT molecular complexity index is 546. The summed E-state index contributed by atoms with van der Waals surface area (Å²) < 4.78 is 21.4. The number of methoxy groups -OCH3 is 1. The monoisotopic (exact) mass is 355 g/mol. The molecule has 3 atom stereocenters. The molecule has 0 amide bonds. The SMILES string of the molecule is COC(C)COC(C)COC(C)COC(=O)c1ccc([N+](=O)[O-])cc1. The number of nitro groups is 1. The second-order valence-electron chi connectivity index (χ2n) is 5.74. The largest absolute Gasteiger partial charge is 0.459 e. The van der Waals surface area contributed by atoms with E-state index in [1.165, 1.54) is 24.3 Å². The van der Waals surface area contributed by atoms with Crippen molar-refractivity contribution in [2.75, 3.05) is 26.9 Å². The number of hydrogen-bond acceptors (Lipinski definition) is 7. The Balaban J connectivity index is 2.29. The normalized spacial score (nSPS) is 14.6. The Kier molecular flexibility index (Phi) is 9.04. The highest BCUT2D eigenvalue weighted by Gasteiger charge is 2.14. The maximum Gasteiger partial charge on any atom is 0.338 e. The molecule has 0 heterocycles. The summed E-state index contributed by atoms with van der Waals surface area (Å²) in [6, 6.07) is 5.24. The van der Waals surface area contributed by atoms with Crippen LogP contribution in [0.4, 0.5) is 5.69 Å². The van der Waals surface area contributed by atoms with Gasteiger partial charge in [-0.2, -0.15) is 0 Å². The first-order valence-corrected chi connectivity index (χ1v) is 8.01. The first-order valence-electron chi connectivity index (χ1n) is 8.01. The van der Waals surface area contributed by atoms with Crippen LogP contribution in [-0.4, -0.2) is 56.1 Å². The number of nitrogens with zero attached hydrogens (tertiary/aromatic N) is 1. The topological polar surface area (TPSA) is 97.1 Å². The summed E-state index contributed by atoms with van der Waals surface area (Å²) in [5.41, 5.74) is 0.174. The zero-order chi connectivity index (χ0) is 18.8. The van der Waals surface area contributed by atoms with Crippen molar-refractivity contribution in [3.05, 3.63) is 39.9 Å². The van der Waals surface area contributed by atoms with Gasteiger partial charge < -0.3 is 18.9 Å². The number of non-ortho nitro benzene ring substituents is 1. The summed E-state index contributed by atoms with van der Waals surface area (Å²) in [7, 11) is 1.62. The first-order chi connectivity index (χ1) is 11.8. The molecular formula is C17H25NO7. The molecule has 8 nitrogen and oxygen atoms in total. The minimum absolute atomic E-state index is 0.0162. The van der Waals surface area contributed by atoms with E-state index >= 15 is 0 Å². The van der Waals surface area contributed by atoms with Gasteiger partial charge in [-0.3, -0.25) is 10.1 Å². The lowest BCUT2D eigenvalue weighted by Gasteiger charge is -2.19. The molecule has 3 unspecified atom stereocenters. The molecule has 0 aliphatic heterocycles. The van der Waals surface area contributed by atoms with Crippen LogP contribution < -0.4 is 0 Å². The Hall–Kier alpha value is -2.03. The Labute approximate surface area is 147 Å². The average molecular weight is 355 g/mol. The van der Waals surface area contributed by atoms with Crippen LogP contribution >= 0.6 is 0 Å². The number of hydrogen-bond donors (Lipinski definition) is 0. The van der Waals surface area contributed by atoms with Crippen LogP contribution in [0, 0.1) is 10.1 Å². The van der Waals surface area contributed by atoms with Crippen LogP contribution in [0.15, 0.2) is 24.3 Å². The van der Waals surface area contributed by atoms with Crippen LogP contribution in [0.25, 0.3) is 0 Å². The van der Waals surface area contributed by atoms with E-state index in [0.717, 1.165) is 0 Å². The van der Waals surface area contributed by atoms with Crippen molar-refractivity contribution in [2.45, 2.75) is 39.1 Å². The van der Waals surface area contributed by atoms with Crippen molar-refractivity contribution < 1.29 is 28.7 Å². The fourth-order valence-corrected chi connectivity index (χ4v) is 1.76. The summed E-state index contributed by atoms with van der Waals surface area (Å²) in [4.78, 5) is 21.9. The third kappa shape index (κ3) is 8.06. The number of esters is 1. The maximum absolute atomic E-state index is 11.9. The molecule has 0 saturated heterocycles. The van der Waals surface area contributed by atoms with E-state index in [4.69, 9.17) is 18.9 Å². The van der Waals surface area contributed by atoms with E-state index in [2.05, 4.69) is 0 Å². The van der Waals surface area contributed by atoms with Crippen molar-refractivity contribution >= 4 is 11.7 Å². The van der Waals surface area contributed by atoms with Gasteiger partial charge in [0.1, 0.15) is 6.61 Å². The lowest BCUT2D eigenvalue weighted by Crippen LogP contribution is -2.26. The van der Waals surface area contributed by atoms with Crippen molar-refractivity contribution in [3.63, 3.8) is 0 Å². The van der Waals surface area contributed by atoms with Gasteiger partial charge in [0, 0.05) is 19.2 Å². The van der Waals surface area contributed by atoms with E-state index in [1.807, 2.05) is 13.8 Å². The molecule has 25 heavy (non-hydrogen) atoms. The van der Waals surface area contributed by atoms with Crippen LogP contribution in [0.3, 0.4) is 0 Å². The Morgan fingerprint density at radius 1 is 1.00 bits per heavy atom. The number of carbonyl (C=O) groups is 1. The molecule has 8 heteroatoms. The van der Waals surface area contributed by atoms with Gasteiger partial charge in [0.05, 0.1) is 42.0 Å². The molecule has 0 bridgehead atoms. The summed E-state index contributed by atoms with van der Waals surface area (Å²) in [6.45, 7) is 6.51. The van der Waals surface area contributed by atoms with Gasteiger partial charge in [-0.05, 0) is 32.9 Å². The summed E-state index contributed by atoms with van der Waals surface area (Å²) in [6.07, 6.45) is -0.388. The van der Waals surface area contributed by atoms with Crippen molar-refractivity contribution in [1.82, 2.24) is 0 Å². The summed E-state index contributed by atoms with van der Waals surface area (Å²) in [5, 5.41) is 10.6. The first kappa shape index (κ1) is 21.0. The van der Waals surface area contributed by atoms with Gasteiger partial charge in [0.15, 0.2) is 0 Å². The number of ether oxygens (including phenoxy) is 4. The molecule has 0 aromatic heterocycles. The van der Waals surface area contributed by atoms with Gasteiger partial charge >= 0.3 is 5.97 Å². The van der Waals surface area contributed by atoms with Gasteiger partial charge in [0.2, 0.25) is 0 Å². The van der Waals surface area contributed by atoms with Crippen molar-refractivity contribution in [1.29, 1.82) is 0 Å². The molecule has 0 N–H and O–H groups in total. The van der Waals surface area contributed by atoms with Gasteiger partial charge in [-0.1, -0.05) is 0 Å².